The van der Waals surface area contributed by atoms with E-state index < -0.39 is 18.6 Å². The van der Waals surface area contributed by atoms with E-state index in [0.717, 1.165) is 26.1 Å². The van der Waals surface area contributed by atoms with Crippen LogP contribution in [-0.4, -0.2) is 56.3 Å². The van der Waals surface area contributed by atoms with Gasteiger partial charge in [0.25, 0.3) is 0 Å². The predicted octanol–water partition coefficient (Wildman–Crippen LogP) is 0.986. The fourth-order valence-corrected chi connectivity index (χ4v) is 1.44. The Morgan fingerprint density at radius 3 is 2.39 bits per heavy atom. The summed E-state index contributed by atoms with van der Waals surface area (Å²) in [5, 5.41) is 4.63. The number of nitrogens with zero attached hydrogens (tertiary/aromatic N) is 1. The van der Waals surface area contributed by atoms with E-state index in [9.17, 15) is 18.0 Å². The molecule has 108 valence electrons. The van der Waals surface area contributed by atoms with Crippen molar-refractivity contribution in [2.24, 2.45) is 0 Å². The number of rotatable bonds is 9. The van der Waals surface area contributed by atoms with Crippen molar-refractivity contribution >= 4 is 5.91 Å². The fraction of sp³-hybridized carbons (Fsp3) is 0.909. The lowest BCUT2D eigenvalue weighted by molar-refractivity contribution is -0.137. The van der Waals surface area contributed by atoms with Crippen LogP contribution in [0.2, 0.25) is 0 Å². The van der Waals surface area contributed by atoms with E-state index in [-0.39, 0.29) is 6.54 Å². The molecule has 0 fully saturated rings. The van der Waals surface area contributed by atoms with Gasteiger partial charge in [-0.2, -0.15) is 13.2 Å². The Balaban J connectivity index is 3.56. The van der Waals surface area contributed by atoms with Gasteiger partial charge in [0.15, 0.2) is 0 Å². The lowest BCUT2D eigenvalue weighted by atomic mass is 10.4. The van der Waals surface area contributed by atoms with Gasteiger partial charge in [0, 0.05) is 13.1 Å². The topological polar surface area (TPSA) is 44.4 Å². The highest BCUT2D eigenvalue weighted by atomic mass is 19.4. The lowest BCUT2D eigenvalue weighted by Crippen LogP contribution is -2.41. The fourth-order valence-electron chi connectivity index (χ4n) is 1.44. The molecule has 0 unspecified atom stereocenters. The quantitative estimate of drug-likeness (QED) is 0.613. The van der Waals surface area contributed by atoms with Gasteiger partial charge in [-0.25, -0.2) is 0 Å². The molecular formula is C11H22F3N3O. The summed E-state index contributed by atoms with van der Waals surface area (Å²) in [4.78, 5) is 13.3. The Kier molecular flexibility index (Phi) is 8.74. The van der Waals surface area contributed by atoms with Crippen LogP contribution in [0.5, 0.6) is 0 Å². The minimum absolute atomic E-state index is 0.0836. The minimum atomic E-state index is -4.35. The van der Waals surface area contributed by atoms with Crippen molar-refractivity contribution < 1.29 is 18.0 Å². The number of alkyl halides is 3. The Bertz CT molecular complexity index is 234. The maximum atomic E-state index is 11.8. The highest BCUT2D eigenvalue weighted by Gasteiger charge is 2.27. The standard InChI is InChI=1S/C11H22F3N3O/c1-3-6-17(4-2)7-5-15-8-10(18)16-9-11(12,13)14/h15H,3-9H2,1-2H3,(H,16,18). The SMILES string of the molecule is CCCN(CC)CCNCC(=O)NCC(F)(F)F. The smallest absolute Gasteiger partial charge is 0.346 e. The van der Waals surface area contributed by atoms with E-state index in [1.807, 2.05) is 12.2 Å². The van der Waals surface area contributed by atoms with Crippen LogP contribution in [0.1, 0.15) is 20.3 Å². The van der Waals surface area contributed by atoms with E-state index in [2.05, 4.69) is 17.1 Å². The minimum Gasteiger partial charge on any atom is -0.346 e. The van der Waals surface area contributed by atoms with Crippen LogP contribution < -0.4 is 10.6 Å². The second kappa shape index (κ2) is 9.16. The summed E-state index contributed by atoms with van der Waals surface area (Å²) in [6, 6.07) is 0. The molecule has 0 aromatic heterocycles. The molecule has 0 rings (SSSR count). The molecule has 0 spiro atoms. The third kappa shape index (κ3) is 10.3. The molecule has 0 aliphatic rings. The Hall–Kier alpha value is -0.820. The third-order valence-corrected chi connectivity index (χ3v) is 2.36. The van der Waals surface area contributed by atoms with Crippen LogP contribution in [0.4, 0.5) is 13.2 Å². The van der Waals surface area contributed by atoms with Gasteiger partial charge in [-0.15, -0.1) is 0 Å². The molecule has 0 aliphatic heterocycles. The van der Waals surface area contributed by atoms with Crippen LogP contribution in [0.15, 0.2) is 0 Å². The maximum Gasteiger partial charge on any atom is 0.405 e. The van der Waals surface area contributed by atoms with Crippen molar-refractivity contribution in [3.8, 4) is 0 Å². The second-order valence-corrected chi connectivity index (χ2v) is 4.00. The number of nitrogens with one attached hydrogen (secondary N) is 2. The van der Waals surface area contributed by atoms with Crippen LogP contribution in [-0.2, 0) is 4.79 Å². The van der Waals surface area contributed by atoms with Crippen molar-refractivity contribution in [3.05, 3.63) is 0 Å². The monoisotopic (exact) mass is 269 g/mol. The first-order valence-electron chi connectivity index (χ1n) is 6.15. The summed E-state index contributed by atoms with van der Waals surface area (Å²) in [5.74, 6) is -0.633. The molecule has 0 saturated carbocycles. The molecular weight excluding hydrogens is 247 g/mol. The molecule has 0 aromatic carbocycles. The van der Waals surface area contributed by atoms with Crippen molar-refractivity contribution in [1.82, 2.24) is 15.5 Å². The van der Waals surface area contributed by atoms with Gasteiger partial charge >= 0.3 is 6.18 Å². The number of amides is 1. The molecule has 0 aromatic rings. The lowest BCUT2D eigenvalue weighted by Gasteiger charge is -2.19. The van der Waals surface area contributed by atoms with Crippen molar-refractivity contribution in [1.29, 1.82) is 0 Å². The van der Waals surface area contributed by atoms with Crippen LogP contribution in [0, 0.1) is 0 Å². The number of halogens is 3. The summed E-state index contributed by atoms with van der Waals surface area (Å²) in [6.45, 7) is 6.06. The van der Waals surface area contributed by atoms with Gasteiger partial charge in [-0.3, -0.25) is 4.79 Å². The normalized spacial score (nSPS) is 11.9. The second-order valence-electron chi connectivity index (χ2n) is 4.00. The van der Waals surface area contributed by atoms with Gasteiger partial charge in [-0.05, 0) is 19.5 Å². The van der Waals surface area contributed by atoms with Crippen LogP contribution >= 0.6 is 0 Å². The number of hydrogen-bond donors (Lipinski definition) is 2. The number of likely N-dealkylation sites (N-methyl/N-ethyl adjacent to an activating group) is 1. The molecule has 0 bridgehead atoms. The molecule has 4 nitrogen and oxygen atoms in total. The van der Waals surface area contributed by atoms with E-state index in [1.54, 1.807) is 0 Å². The summed E-state index contributed by atoms with van der Waals surface area (Å²) < 4.78 is 35.4. The highest BCUT2D eigenvalue weighted by Crippen LogP contribution is 2.11. The number of carbonyl (C=O) groups excluding carboxylic acids is 1. The molecule has 7 heteroatoms. The zero-order chi connectivity index (χ0) is 14.0. The predicted molar refractivity (Wildman–Crippen MR) is 64.3 cm³/mol. The Morgan fingerprint density at radius 2 is 1.89 bits per heavy atom. The molecule has 2 N–H and O–H groups in total. The zero-order valence-corrected chi connectivity index (χ0v) is 10.9. The highest BCUT2D eigenvalue weighted by molar-refractivity contribution is 5.77. The summed E-state index contributed by atoms with van der Waals surface area (Å²) in [7, 11) is 0. The molecule has 1 amide bonds. The summed E-state index contributed by atoms with van der Waals surface area (Å²) in [6.07, 6.45) is -3.30. The third-order valence-electron chi connectivity index (χ3n) is 2.36. The number of hydrogen-bond acceptors (Lipinski definition) is 3. The van der Waals surface area contributed by atoms with Crippen LogP contribution in [0.3, 0.4) is 0 Å². The van der Waals surface area contributed by atoms with Crippen molar-refractivity contribution in [3.63, 3.8) is 0 Å². The zero-order valence-electron chi connectivity index (χ0n) is 10.9. The van der Waals surface area contributed by atoms with Gasteiger partial charge in [-0.1, -0.05) is 13.8 Å². The molecule has 0 radical (unpaired) electrons. The molecule has 18 heavy (non-hydrogen) atoms. The average molecular weight is 269 g/mol. The van der Waals surface area contributed by atoms with Crippen molar-refractivity contribution in [2.75, 3.05) is 39.3 Å². The Morgan fingerprint density at radius 1 is 1.22 bits per heavy atom. The summed E-state index contributed by atoms with van der Waals surface area (Å²) in [5.41, 5.74) is 0. The summed E-state index contributed by atoms with van der Waals surface area (Å²) >= 11 is 0. The van der Waals surface area contributed by atoms with Gasteiger partial charge in [0.05, 0.1) is 6.54 Å². The average Bonchev–Trinajstić information content (AvgIpc) is 2.29. The number of carbonyl (C=O) groups is 1. The van der Waals surface area contributed by atoms with Crippen molar-refractivity contribution in [2.45, 2.75) is 26.4 Å². The maximum absolute atomic E-state index is 11.8. The van der Waals surface area contributed by atoms with E-state index in [4.69, 9.17) is 0 Å². The largest absolute Gasteiger partial charge is 0.405 e. The molecule has 0 aliphatic carbocycles. The molecule has 0 heterocycles. The van der Waals surface area contributed by atoms with Gasteiger partial charge in [0.2, 0.25) is 5.91 Å². The van der Waals surface area contributed by atoms with Crippen LogP contribution in [0.25, 0.3) is 0 Å². The van der Waals surface area contributed by atoms with E-state index in [0.29, 0.717) is 6.54 Å². The molecule has 0 atom stereocenters. The first kappa shape index (κ1) is 17.2. The Labute approximate surface area is 106 Å². The molecule has 0 saturated heterocycles. The van der Waals surface area contributed by atoms with E-state index in [1.165, 1.54) is 0 Å². The van der Waals surface area contributed by atoms with Gasteiger partial charge < -0.3 is 15.5 Å². The first-order chi connectivity index (χ1) is 8.39. The first-order valence-corrected chi connectivity index (χ1v) is 6.15. The van der Waals surface area contributed by atoms with E-state index >= 15 is 0 Å². The van der Waals surface area contributed by atoms with Gasteiger partial charge in [0.1, 0.15) is 6.54 Å².